The molecule has 0 saturated heterocycles. The molecule has 24 heavy (non-hydrogen) atoms. The lowest BCUT2D eigenvalue weighted by atomic mass is 10.1. The van der Waals surface area contributed by atoms with Gasteiger partial charge in [0, 0.05) is 12.4 Å². The molecule has 0 fully saturated rings. The van der Waals surface area contributed by atoms with Crippen molar-refractivity contribution in [1.29, 1.82) is 0 Å². The highest BCUT2D eigenvalue weighted by Crippen LogP contribution is 2.28. The number of ether oxygens (including phenoxy) is 1. The first-order valence-electron chi connectivity index (χ1n) is 6.69. The molecule has 0 aliphatic rings. The zero-order valence-electron chi connectivity index (χ0n) is 11.9. The van der Waals surface area contributed by atoms with E-state index >= 15 is 0 Å². The van der Waals surface area contributed by atoms with E-state index in [9.17, 15) is 18.0 Å². The standard InChI is InChI=1S/C15H9BrF3N3O2/c16-14-10(22-6-5-20-8-13(22)21-14)7-11(23)9-3-1-2-4-12(9)24-15(17,18)19/h1-6,8H,7H2. The Morgan fingerprint density at radius 1 is 1.29 bits per heavy atom. The zero-order valence-corrected chi connectivity index (χ0v) is 13.5. The van der Waals surface area contributed by atoms with Crippen molar-refractivity contribution in [2.45, 2.75) is 12.8 Å². The summed E-state index contributed by atoms with van der Waals surface area (Å²) in [6, 6.07) is 5.24. The topological polar surface area (TPSA) is 56.5 Å². The minimum absolute atomic E-state index is 0.147. The number of benzene rings is 1. The summed E-state index contributed by atoms with van der Waals surface area (Å²) in [5.74, 6) is -1.05. The number of ketones is 1. The van der Waals surface area contributed by atoms with Gasteiger partial charge in [0.05, 0.1) is 23.9 Å². The lowest BCUT2D eigenvalue weighted by molar-refractivity contribution is -0.274. The summed E-state index contributed by atoms with van der Waals surface area (Å²) in [5, 5.41) is 0. The maximum Gasteiger partial charge on any atom is 0.573 e. The average Bonchev–Trinajstić information content (AvgIpc) is 2.82. The van der Waals surface area contributed by atoms with Crippen LogP contribution in [0.5, 0.6) is 5.75 Å². The van der Waals surface area contributed by atoms with Crippen LogP contribution in [0.25, 0.3) is 5.65 Å². The second-order valence-corrected chi connectivity index (χ2v) is 5.55. The zero-order chi connectivity index (χ0) is 17.3. The highest BCUT2D eigenvalue weighted by molar-refractivity contribution is 9.10. The van der Waals surface area contributed by atoms with E-state index in [-0.39, 0.29) is 12.0 Å². The maximum atomic E-state index is 12.5. The molecule has 1 aromatic carbocycles. The van der Waals surface area contributed by atoms with E-state index in [1.54, 1.807) is 10.6 Å². The Labute approximate surface area is 142 Å². The van der Waals surface area contributed by atoms with Crippen molar-refractivity contribution in [3.8, 4) is 5.75 Å². The number of carbonyl (C=O) groups excluding carboxylic acids is 1. The van der Waals surface area contributed by atoms with E-state index in [2.05, 4.69) is 30.6 Å². The quantitative estimate of drug-likeness (QED) is 0.625. The molecule has 0 aliphatic heterocycles. The Morgan fingerprint density at radius 3 is 2.79 bits per heavy atom. The van der Waals surface area contributed by atoms with Crippen LogP contribution in [0.1, 0.15) is 16.1 Å². The molecule has 0 radical (unpaired) electrons. The molecule has 5 nitrogen and oxygen atoms in total. The number of hydrogen-bond donors (Lipinski definition) is 0. The highest BCUT2D eigenvalue weighted by Gasteiger charge is 2.33. The summed E-state index contributed by atoms with van der Waals surface area (Å²) in [6.07, 6.45) is -0.362. The number of aromatic nitrogens is 3. The van der Waals surface area contributed by atoms with Crippen LogP contribution in [-0.2, 0) is 6.42 Å². The number of Topliss-reactive ketones (excluding diaryl/α,β-unsaturated/α-hetero) is 1. The number of nitrogens with zero attached hydrogens (tertiary/aromatic N) is 3. The predicted molar refractivity (Wildman–Crippen MR) is 81.8 cm³/mol. The van der Waals surface area contributed by atoms with Gasteiger partial charge >= 0.3 is 6.36 Å². The normalized spacial score (nSPS) is 11.7. The van der Waals surface area contributed by atoms with Crippen molar-refractivity contribution >= 4 is 27.4 Å². The van der Waals surface area contributed by atoms with Gasteiger partial charge in [0.1, 0.15) is 10.4 Å². The van der Waals surface area contributed by atoms with Crippen LogP contribution in [0.3, 0.4) is 0 Å². The fourth-order valence-electron chi connectivity index (χ4n) is 2.24. The molecule has 0 saturated carbocycles. The third-order valence-corrected chi connectivity index (χ3v) is 3.86. The Hall–Kier alpha value is -2.42. The first kappa shape index (κ1) is 16.4. The number of imidazole rings is 1. The van der Waals surface area contributed by atoms with Gasteiger partial charge in [-0.3, -0.25) is 14.2 Å². The molecule has 2 aromatic heterocycles. The molecular formula is C15H9BrF3N3O2. The molecule has 3 aromatic rings. The molecule has 0 spiro atoms. The monoisotopic (exact) mass is 399 g/mol. The lowest BCUT2D eigenvalue weighted by Gasteiger charge is -2.12. The Morgan fingerprint density at radius 2 is 2.04 bits per heavy atom. The smallest absolute Gasteiger partial charge is 0.405 e. The number of carbonyl (C=O) groups is 1. The van der Waals surface area contributed by atoms with Gasteiger partial charge in [-0.15, -0.1) is 13.2 Å². The van der Waals surface area contributed by atoms with Crippen LogP contribution < -0.4 is 4.74 Å². The lowest BCUT2D eigenvalue weighted by Crippen LogP contribution is -2.19. The maximum absolute atomic E-state index is 12.5. The molecule has 2 heterocycles. The van der Waals surface area contributed by atoms with Gasteiger partial charge in [0.2, 0.25) is 0 Å². The summed E-state index contributed by atoms with van der Waals surface area (Å²) < 4.78 is 43.4. The Kier molecular flexibility index (Phi) is 4.27. The van der Waals surface area contributed by atoms with Gasteiger partial charge in [-0.2, -0.15) is 0 Å². The third-order valence-electron chi connectivity index (χ3n) is 3.22. The van der Waals surface area contributed by atoms with Crippen LogP contribution >= 0.6 is 15.9 Å². The summed E-state index contributed by atoms with van der Waals surface area (Å²) in [6.45, 7) is 0. The fourth-order valence-corrected chi connectivity index (χ4v) is 2.76. The summed E-state index contributed by atoms with van der Waals surface area (Å²) >= 11 is 3.25. The van der Waals surface area contributed by atoms with Gasteiger partial charge in [-0.25, -0.2) is 4.98 Å². The summed E-state index contributed by atoms with van der Waals surface area (Å²) in [4.78, 5) is 20.6. The first-order chi connectivity index (χ1) is 11.3. The van der Waals surface area contributed by atoms with E-state index in [4.69, 9.17) is 0 Å². The van der Waals surface area contributed by atoms with E-state index < -0.39 is 17.9 Å². The van der Waals surface area contributed by atoms with Gasteiger partial charge in [-0.05, 0) is 28.1 Å². The number of hydrogen-bond acceptors (Lipinski definition) is 4. The van der Waals surface area contributed by atoms with Crippen LogP contribution in [0, 0.1) is 0 Å². The van der Waals surface area contributed by atoms with Gasteiger partial charge in [-0.1, -0.05) is 12.1 Å². The number of para-hydroxylation sites is 1. The van der Waals surface area contributed by atoms with Gasteiger partial charge in [0.25, 0.3) is 0 Å². The van der Waals surface area contributed by atoms with Crippen molar-refractivity contribution in [3.05, 3.63) is 58.7 Å². The minimum atomic E-state index is -4.87. The number of halogens is 4. The summed E-state index contributed by atoms with van der Waals surface area (Å²) in [7, 11) is 0. The minimum Gasteiger partial charge on any atom is -0.405 e. The van der Waals surface area contributed by atoms with Gasteiger partial charge < -0.3 is 4.74 Å². The van der Waals surface area contributed by atoms with E-state index in [0.29, 0.717) is 15.9 Å². The molecular weight excluding hydrogens is 391 g/mol. The SMILES string of the molecule is O=C(Cc1c(Br)nc2cnccn12)c1ccccc1OC(F)(F)F. The average molecular weight is 400 g/mol. The molecule has 0 aliphatic carbocycles. The number of rotatable bonds is 4. The second-order valence-electron chi connectivity index (χ2n) is 4.80. The molecule has 0 bridgehead atoms. The van der Waals surface area contributed by atoms with Crippen molar-refractivity contribution in [3.63, 3.8) is 0 Å². The van der Waals surface area contributed by atoms with Crippen molar-refractivity contribution in [1.82, 2.24) is 14.4 Å². The predicted octanol–water partition coefficient (Wildman–Crippen LogP) is 3.82. The Bertz CT molecular complexity index is 908. The molecule has 3 rings (SSSR count). The van der Waals surface area contributed by atoms with Crippen molar-refractivity contribution < 1.29 is 22.7 Å². The molecule has 9 heteroatoms. The van der Waals surface area contributed by atoms with Crippen molar-refractivity contribution in [2.24, 2.45) is 0 Å². The molecule has 124 valence electrons. The second kappa shape index (κ2) is 6.23. The van der Waals surface area contributed by atoms with Gasteiger partial charge in [0.15, 0.2) is 11.4 Å². The van der Waals surface area contributed by atoms with Crippen LogP contribution in [-0.4, -0.2) is 26.5 Å². The molecule has 0 atom stereocenters. The molecule has 0 unspecified atom stereocenters. The number of fused-ring (bicyclic) bond motifs is 1. The highest BCUT2D eigenvalue weighted by atomic mass is 79.9. The van der Waals surface area contributed by atoms with E-state index in [1.807, 2.05) is 0 Å². The number of alkyl halides is 3. The van der Waals surface area contributed by atoms with E-state index in [0.717, 1.165) is 6.07 Å². The first-order valence-corrected chi connectivity index (χ1v) is 7.49. The molecule has 0 amide bonds. The third kappa shape index (κ3) is 3.40. The van der Waals surface area contributed by atoms with Crippen LogP contribution in [0.15, 0.2) is 47.5 Å². The van der Waals surface area contributed by atoms with Crippen molar-refractivity contribution in [2.75, 3.05) is 0 Å². The van der Waals surface area contributed by atoms with Crippen LogP contribution in [0.4, 0.5) is 13.2 Å². The summed E-state index contributed by atoms with van der Waals surface area (Å²) in [5.41, 5.74) is 0.886. The fraction of sp³-hybridized carbons (Fsp3) is 0.133. The van der Waals surface area contributed by atoms with Crippen LogP contribution in [0.2, 0.25) is 0 Å². The largest absolute Gasteiger partial charge is 0.573 e. The van der Waals surface area contributed by atoms with E-state index in [1.165, 1.54) is 30.6 Å². The molecule has 0 N–H and O–H groups in total. The Balaban J connectivity index is 1.94.